The van der Waals surface area contributed by atoms with Crippen molar-refractivity contribution < 1.29 is 17.6 Å². The minimum absolute atomic E-state index is 0.157. The lowest BCUT2D eigenvalue weighted by molar-refractivity contribution is -0.137. The van der Waals surface area contributed by atoms with Gasteiger partial charge in [0, 0.05) is 6.04 Å². The molecule has 0 atom stereocenters. The quantitative estimate of drug-likeness (QED) is 0.752. The SMILES string of the molecule is CCC1CCC(Nc2ccc(C(F)(F)F)cc2F)CC1. The Kier molecular flexibility index (Phi) is 4.55. The van der Waals surface area contributed by atoms with Crippen molar-refractivity contribution in [2.75, 3.05) is 5.32 Å². The second kappa shape index (κ2) is 6.02. The number of nitrogens with one attached hydrogen (secondary N) is 1. The van der Waals surface area contributed by atoms with Gasteiger partial charge in [-0.2, -0.15) is 13.2 Å². The van der Waals surface area contributed by atoms with Crippen molar-refractivity contribution in [1.82, 2.24) is 0 Å². The van der Waals surface area contributed by atoms with Gasteiger partial charge in [0.05, 0.1) is 11.3 Å². The molecule has 0 saturated heterocycles. The molecule has 1 N–H and O–H groups in total. The van der Waals surface area contributed by atoms with Crippen molar-refractivity contribution in [3.8, 4) is 0 Å². The maximum Gasteiger partial charge on any atom is 0.416 e. The van der Waals surface area contributed by atoms with Crippen LogP contribution in [0.15, 0.2) is 18.2 Å². The number of rotatable bonds is 3. The maximum absolute atomic E-state index is 13.7. The fraction of sp³-hybridized carbons (Fsp3) is 0.600. The molecule has 0 bridgehead atoms. The third kappa shape index (κ3) is 3.64. The fourth-order valence-electron chi connectivity index (χ4n) is 2.74. The van der Waals surface area contributed by atoms with Gasteiger partial charge in [0.25, 0.3) is 0 Å². The van der Waals surface area contributed by atoms with Crippen LogP contribution in [0.4, 0.5) is 23.2 Å². The lowest BCUT2D eigenvalue weighted by Gasteiger charge is -2.29. The number of hydrogen-bond donors (Lipinski definition) is 1. The molecule has 1 aliphatic carbocycles. The average molecular weight is 289 g/mol. The Morgan fingerprint density at radius 1 is 1.15 bits per heavy atom. The van der Waals surface area contributed by atoms with Gasteiger partial charge in [-0.3, -0.25) is 0 Å². The van der Waals surface area contributed by atoms with Crippen molar-refractivity contribution >= 4 is 5.69 Å². The van der Waals surface area contributed by atoms with Gasteiger partial charge >= 0.3 is 6.18 Å². The van der Waals surface area contributed by atoms with E-state index in [9.17, 15) is 17.6 Å². The molecule has 0 amide bonds. The molecule has 0 radical (unpaired) electrons. The van der Waals surface area contributed by atoms with Gasteiger partial charge < -0.3 is 5.32 Å². The van der Waals surface area contributed by atoms with Crippen LogP contribution in [0.5, 0.6) is 0 Å². The van der Waals surface area contributed by atoms with E-state index in [1.54, 1.807) is 0 Å². The zero-order valence-corrected chi connectivity index (χ0v) is 11.4. The molecule has 1 saturated carbocycles. The van der Waals surface area contributed by atoms with E-state index in [-0.39, 0.29) is 11.7 Å². The molecule has 1 aliphatic rings. The normalized spacial score (nSPS) is 23.6. The Morgan fingerprint density at radius 3 is 2.30 bits per heavy atom. The van der Waals surface area contributed by atoms with Gasteiger partial charge in [-0.1, -0.05) is 13.3 Å². The molecular weight excluding hydrogens is 270 g/mol. The van der Waals surface area contributed by atoms with Crippen LogP contribution in [0.3, 0.4) is 0 Å². The third-order valence-electron chi connectivity index (χ3n) is 4.08. The van der Waals surface area contributed by atoms with Gasteiger partial charge in [0.1, 0.15) is 5.82 Å². The number of anilines is 1. The summed E-state index contributed by atoms with van der Waals surface area (Å²) in [5, 5.41) is 3.03. The van der Waals surface area contributed by atoms with Crippen LogP contribution in [0.1, 0.15) is 44.6 Å². The van der Waals surface area contributed by atoms with Crippen molar-refractivity contribution in [2.45, 2.75) is 51.2 Å². The molecular formula is C15H19F4N. The molecule has 1 fully saturated rings. The minimum Gasteiger partial charge on any atom is -0.380 e. The van der Waals surface area contributed by atoms with Crippen molar-refractivity contribution in [3.05, 3.63) is 29.6 Å². The van der Waals surface area contributed by atoms with E-state index < -0.39 is 17.6 Å². The Morgan fingerprint density at radius 2 is 1.80 bits per heavy atom. The van der Waals surface area contributed by atoms with Crippen molar-refractivity contribution in [3.63, 3.8) is 0 Å². The van der Waals surface area contributed by atoms with E-state index in [0.717, 1.165) is 44.1 Å². The molecule has 112 valence electrons. The van der Waals surface area contributed by atoms with Crippen LogP contribution in [0.2, 0.25) is 0 Å². The molecule has 1 aromatic rings. The largest absolute Gasteiger partial charge is 0.416 e. The molecule has 5 heteroatoms. The van der Waals surface area contributed by atoms with Gasteiger partial charge in [-0.05, 0) is 49.8 Å². The Hall–Kier alpha value is -1.26. The Balaban J connectivity index is 2.00. The van der Waals surface area contributed by atoms with Crippen molar-refractivity contribution in [1.29, 1.82) is 0 Å². The fourth-order valence-corrected chi connectivity index (χ4v) is 2.74. The van der Waals surface area contributed by atoms with E-state index >= 15 is 0 Å². The summed E-state index contributed by atoms with van der Waals surface area (Å²) >= 11 is 0. The summed E-state index contributed by atoms with van der Waals surface area (Å²) in [6.45, 7) is 2.16. The molecule has 2 rings (SSSR count). The second-order valence-electron chi connectivity index (χ2n) is 5.46. The molecule has 0 aromatic heterocycles. The third-order valence-corrected chi connectivity index (χ3v) is 4.08. The highest BCUT2D eigenvalue weighted by molar-refractivity contribution is 5.47. The van der Waals surface area contributed by atoms with E-state index in [2.05, 4.69) is 12.2 Å². The Labute approximate surface area is 116 Å². The van der Waals surface area contributed by atoms with E-state index in [4.69, 9.17) is 0 Å². The molecule has 1 nitrogen and oxygen atoms in total. The number of halogens is 4. The summed E-state index contributed by atoms with van der Waals surface area (Å²) in [4.78, 5) is 0. The first kappa shape index (κ1) is 15.1. The maximum atomic E-state index is 13.7. The van der Waals surface area contributed by atoms with Crippen molar-refractivity contribution in [2.24, 2.45) is 5.92 Å². The number of hydrogen-bond acceptors (Lipinski definition) is 1. The molecule has 0 unspecified atom stereocenters. The average Bonchev–Trinajstić information content (AvgIpc) is 2.41. The predicted octanol–water partition coefficient (Wildman–Crippen LogP) is 5.23. The predicted molar refractivity (Wildman–Crippen MR) is 71.1 cm³/mol. The summed E-state index contributed by atoms with van der Waals surface area (Å²) in [5.41, 5.74) is -0.784. The second-order valence-corrected chi connectivity index (χ2v) is 5.46. The summed E-state index contributed by atoms with van der Waals surface area (Å²) in [6.07, 6.45) is 0.727. The van der Waals surface area contributed by atoms with E-state index in [0.29, 0.717) is 6.07 Å². The molecule has 0 spiro atoms. The van der Waals surface area contributed by atoms with Crippen LogP contribution >= 0.6 is 0 Å². The first-order valence-electron chi connectivity index (χ1n) is 7.03. The monoisotopic (exact) mass is 289 g/mol. The van der Waals surface area contributed by atoms with Gasteiger partial charge in [-0.15, -0.1) is 0 Å². The lowest BCUT2D eigenvalue weighted by Crippen LogP contribution is -2.26. The first-order chi connectivity index (χ1) is 9.40. The minimum atomic E-state index is -4.50. The molecule has 0 aliphatic heterocycles. The lowest BCUT2D eigenvalue weighted by atomic mass is 9.84. The van der Waals surface area contributed by atoms with E-state index in [1.807, 2.05) is 0 Å². The standard InChI is InChI=1S/C15H19F4N/c1-2-10-3-6-12(7-4-10)20-14-8-5-11(9-13(14)16)15(17,18)19/h5,8-10,12,20H,2-4,6-7H2,1H3. The van der Waals surface area contributed by atoms with Gasteiger partial charge in [-0.25, -0.2) is 4.39 Å². The summed E-state index contributed by atoms with van der Waals surface area (Å²) in [5.74, 6) is -0.108. The summed E-state index contributed by atoms with van der Waals surface area (Å²) < 4.78 is 51.1. The highest BCUT2D eigenvalue weighted by Crippen LogP contribution is 2.33. The van der Waals surface area contributed by atoms with Crippen LogP contribution in [0, 0.1) is 11.7 Å². The molecule has 1 aromatic carbocycles. The highest BCUT2D eigenvalue weighted by atomic mass is 19.4. The zero-order chi connectivity index (χ0) is 14.8. The smallest absolute Gasteiger partial charge is 0.380 e. The van der Waals surface area contributed by atoms with Gasteiger partial charge in [0.15, 0.2) is 0 Å². The van der Waals surface area contributed by atoms with Crippen LogP contribution < -0.4 is 5.32 Å². The zero-order valence-electron chi connectivity index (χ0n) is 11.4. The number of alkyl halides is 3. The topological polar surface area (TPSA) is 12.0 Å². The van der Waals surface area contributed by atoms with Crippen LogP contribution in [0.25, 0.3) is 0 Å². The molecule has 0 heterocycles. The summed E-state index contributed by atoms with van der Waals surface area (Å²) in [7, 11) is 0. The summed E-state index contributed by atoms with van der Waals surface area (Å²) in [6, 6.07) is 2.82. The van der Waals surface area contributed by atoms with Gasteiger partial charge in [0.2, 0.25) is 0 Å². The molecule has 20 heavy (non-hydrogen) atoms. The van der Waals surface area contributed by atoms with Crippen LogP contribution in [-0.4, -0.2) is 6.04 Å². The number of benzene rings is 1. The van der Waals surface area contributed by atoms with E-state index in [1.165, 1.54) is 6.07 Å². The Bertz CT molecular complexity index is 448. The van der Waals surface area contributed by atoms with Crippen LogP contribution in [-0.2, 0) is 6.18 Å². The first-order valence-corrected chi connectivity index (χ1v) is 7.03. The highest BCUT2D eigenvalue weighted by Gasteiger charge is 2.31.